The van der Waals surface area contributed by atoms with Crippen LogP contribution in [0.3, 0.4) is 0 Å². The molecule has 150 valence electrons. The fourth-order valence-electron chi connectivity index (χ4n) is 5.47. The van der Waals surface area contributed by atoms with Gasteiger partial charge in [0.25, 0.3) is 0 Å². The van der Waals surface area contributed by atoms with Crippen molar-refractivity contribution >= 4 is 0 Å². The highest BCUT2D eigenvalue weighted by Crippen LogP contribution is 2.38. The molecule has 4 atom stereocenters. The van der Waals surface area contributed by atoms with Gasteiger partial charge in [-0.15, -0.1) is 0 Å². The van der Waals surface area contributed by atoms with Gasteiger partial charge in [-0.3, -0.25) is 4.90 Å². The Kier molecular flexibility index (Phi) is 6.36. The van der Waals surface area contributed by atoms with E-state index >= 15 is 0 Å². The molecule has 4 rings (SSSR count). The Balaban J connectivity index is 1.23. The molecule has 3 aliphatic rings. The largest absolute Gasteiger partial charge is 0.493 e. The van der Waals surface area contributed by atoms with Crippen LogP contribution in [0.1, 0.15) is 44.6 Å². The Morgan fingerprint density at radius 3 is 2.63 bits per heavy atom. The molecule has 3 fully saturated rings. The number of aliphatic hydroxyl groups excluding tert-OH is 1. The molecule has 4 nitrogen and oxygen atoms in total. The van der Waals surface area contributed by atoms with Crippen LogP contribution in [0.5, 0.6) is 5.75 Å². The lowest BCUT2D eigenvalue weighted by molar-refractivity contribution is 0.160. The average Bonchev–Trinajstić information content (AvgIpc) is 3.16. The summed E-state index contributed by atoms with van der Waals surface area (Å²) >= 11 is 0. The lowest BCUT2D eigenvalue weighted by Gasteiger charge is -2.30. The zero-order chi connectivity index (χ0) is 18.6. The Morgan fingerprint density at radius 2 is 1.85 bits per heavy atom. The molecule has 2 heterocycles. The zero-order valence-corrected chi connectivity index (χ0v) is 16.9. The van der Waals surface area contributed by atoms with Crippen LogP contribution in [-0.4, -0.2) is 60.3 Å². The molecule has 1 aromatic carbocycles. The predicted molar refractivity (Wildman–Crippen MR) is 109 cm³/mol. The number of nitrogens with zero attached hydrogens (tertiary/aromatic N) is 2. The van der Waals surface area contributed by atoms with Crippen molar-refractivity contribution in [1.82, 2.24) is 9.80 Å². The van der Waals surface area contributed by atoms with Crippen LogP contribution in [0.4, 0.5) is 0 Å². The minimum atomic E-state index is -0.0549. The molecule has 1 aromatic rings. The second-order valence-electron chi connectivity index (χ2n) is 9.20. The van der Waals surface area contributed by atoms with Gasteiger partial charge in [-0.25, -0.2) is 0 Å². The molecular weight excluding hydrogens is 336 g/mol. The maximum atomic E-state index is 9.84. The molecule has 2 unspecified atom stereocenters. The van der Waals surface area contributed by atoms with Crippen LogP contribution in [0.25, 0.3) is 0 Å². The van der Waals surface area contributed by atoms with Crippen molar-refractivity contribution in [2.45, 2.75) is 51.7 Å². The summed E-state index contributed by atoms with van der Waals surface area (Å²) in [5.41, 5.74) is 1.31. The van der Waals surface area contributed by atoms with Crippen molar-refractivity contribution in [2.75, 3.05) is 39.3 Å². The second kappa shape index (κ2) is 8.93. The number of fused-ring (bicyclic) bond motifs is 1. The number of benzene rings is 1. The highest BCUT2D eigenvalue weighted by Gasteiger charge is 2.40. The molecule has 1 aliphatic carbocycles. The summed E-state index contributed by atoms with van der Waals surface area (Å²) in [5, 5.41) is 9.84. The third-order valence-corrected chi connectivity index (χ3v) is 6.79. The molecule has 0 bridgehead atoms. The van der Waals surface area contributed by atoms with E-state index in [2.05, 4.69) is 41.0 Å². The summed E-state index contributed by atoms with van der Waals surface area (Å²) in [5.74, 6) is 3.29. The van der Waals surface area contributed by atoms with Crippen LogP contribution in [0, 0.1) is 17.8 Å². The van der Waals surface area contributed by atoms with Crippen molar-refractivity contribution in [2.24, 2.45) is 17.8 Å². The number of ether oxygens (including phenoxy) is 1. The lowest BCUT2D eigenvalue weighted by atomic mass is 10.0. The SMILES string of the molecule is CC1CCCN(CCCOc2ccccc2CN2C[C@H]3CC(O)C[C@H]3C2)C1. The summed E-state index contributed by atoms with van der Waals surface area (Å²) in [6.45, 7) is 10.1. The van der Waals surface area contributed by atoms with Gasteiger partial charge in [0.05, 0.1) is 12.7 Å². The van der Waals surface area contributed by atoms with E-state index in [4.69, 9.17) is 4.74 Å². The van der Waals surface area contributed by atoms with Gasteiger partial charge in [-0.1, -0.05) is 25.1 Å². The van der Waals surface area contributed by atoms with E-state index in [9.17, 15) is 5.11 Å². The van der Waals surface area contributed by atoms with E-state index in [0.29, 0.717) is 11.8 Å². The van der Waals surface area contributed by atoms with E-state index in [-0.39, 0.29) is 6.10 Å². The van der Waals surface area contributed by atoms with E-state index in [0.717, 1.165) is 63.7 Å². The van der Waals surface area contributed by atoms with Crippen LogP contribution in [0.15, 0.2) is 24.3 Å². The average molecular weight is 373 g/mol. The highest BCUT2D eigenvalue weighted by atomic mass is 16.5. The van der Waals surface area contributed by atoms with Crippen molar-refractivity contribution in [1.29, 1.82) is 0 Å². The smallest absolute Gasteiger partial charge is 0.123 e. The van der Waals surface area contributed by atoms with Gasteiger partial charge in [-0.2, -0.15) is 0 Å². The monoisotopic (exact) mass is 372 g/mol. The van der Waals surface area contributed by atoms with Crippen LogP contribution >= 0.6 is 0 Å². The van der Waals surface area contributed by atoms with Gasteiger partial charge in [0.15, 0.2) is 0 Å². The van der Waals surface area contributed by atoms with Gasteiger partial charge < -0.3 is 14.7 Å². The number of aliphatic hydroxyl groups is 1. The van der Waals surface area contributed by atoms with Gasteiger partial charge in [0.2, 0.25) is 0 Å². The highest BCUT2D eigenvalue weighted by molar-refractivity contribution is 5.33. The number of hydrogen-bond acceptors (Lipinski definition) is 4. The van der Waals surface area contributed by atoms with E-state index in [1.54, 1.807) is 0 Å². The maximum Gasteiger partial charge on any atom is 0.123 e. The van der Waals surface area contributed by atoms with Crippen LogP contribution < -0.4 is 4.74 Å². The number of likely N-dealkylation sites (tertiary alicyclic amines) is 2. The summed E-state index contributed by atoms with van der Waals surface area (Å²) < 4.78 is 6.18. The topological polar surface area (TPSA) is 35.9 Å². The summed E-state index contributed by atoms with van der Waals surface area (Å²) in [6.07, 6.45) is 5.77. The molecule has 0 amide bonds. The Morgan fingerprint density at radius 1 is 1.07 bits per heavy atom. The Bertz CT molecular complexity index is 594. The number of para-hydroxylation sites is 1. The molecule has 2 saturated heterocycles. The second-order valence-corrected chi connectivity index (χ2v) is 9.20. The minimum absolute atomic E-state index is 0.0549. The Hall–Kier alpha value is -1.10. The minimum Gasteiger partial charge on any atom is -0.493 e. The van der Waals surface area contributed by atoms with E-state index < -0.39 is 0 Å². The number of piperidine rings is 1. The zero-order valence-electron chi connectivity index (χ0n) is 16.9. The first-order valence-electron chi connectivity index (χ1n) is 11.0. The van der Waals surface area contributed by atoms with Crippen LogP contribution in [-0.2, 0) is 6.54 Å². The van der Waals surface area contributed by atoms with Gasteiger partial charge >= 0.3 is 0 Å². The normalized spacial score (nSPS) is 31.9. The fraction of sp³-hybridized carbons (Fsp3) is 0.739. The first kappa shape index (κ1) is 19.2. The molecule has 0 aromatic heterocycles. The van der Waals surface area contributed by atoms with Crippen molar-refractivity contribution in [3.63, 3.8) is 0 Å². The summed E-state index contributed by atoms with van der Waals surface area (Å²) in [7, 11) is 0. The molecule has 1 N–H and O–H groups in total. The van der Waals surface area contributed by atoms with Gasteiger partial charge in [0, 0.05) is 38.3 Å². The van der Waals surface area contributed by atoms with Crippen LogP contribution in [0.2, 0.25) is 0 Å². The molecule has 27 heavy (non-hydrogen) atoms. The molecule has 0 spiro atoms. The van der Waals surface area contributed by atoms with Crippen molar-refractivity contribution < 1.29 is 9.84 Å². The van der Waals surface area contributed by atoms with Gasteiger partial charge in [0.1, 0.15) is 5.75 Å². The molecule has 0 radical (unpaired) electrons. The van der Waals surface area contributed by atoms with E-state index in [1.165, 1.54) is 31.5 Å². The standard InChI is InChI=1S/C23H36N2O2/c1-18-6-4-9-24(14-18)10-5-11-27-23-8-3-2-7-19(23)15-25-16-20-12-22(26)13-21(20)17-25/h2-3,7-8,18,20-22,26H,4-6,9-17H2,1H3/t18?,20-,21+,22?. The third kappa shape index (κ3) is 5.04. The quantitative estimate of drug-likeness (QED) is 0.744. The van der Waals surface area contributed by atoms with E-state index in [1.807, 2.05) is 0 Å². The van der Waals surface area contributed by atoms with Crippen molar-refractivity contribution in [3.8, 4) is 5.75 Å². The Labute approximate surface area is 164 Å². The number of hydrogen-bond donors (Lipinski definition) is 1. The lowest BCUT2D eigenvalue weighted by Crippen LogP contribution is -2.35. The molecule has 2 aliphatic heterocycles. The first-order valence-corrected chi connectivity index (χ1v) is 11.0. The maximum absolute atomic E-state index is 9.84. The first-order chi connectivity index (χ1) is 13.2. The molecule has 4 heteroatoms. The summed E-state index contributed by atoms with van der Waals surface area (Å²) in [6, 6.07) is 8.54. The van der Waals surface area contributed by atoms with Gasteiger partial charge in [-0.05, 0) is 62.5 Å². The molecule has 1 saturated carbocycles. The number of rotatable bonds is 7. The third-order valence-electron chi connectivity index (χ3n) is 6.79. The predicted octanol–water partition coefficient (Wildman–Crippen LogP) is 3.39. The summed E-state index contributed by atoms with van der Waals surface area (Å²) in [4.78, 5) is 5.15. The fourth-order valence-corrected chi connectivity index (χ4v) is 5.47. The van der Waals surface area contributed by atoms with Crippen molar-refractivity contribution in [3.05, 3.63) is 29.8 Å². The molecular formula is C23H36N2O2.